The molecule has 14 heteroatoms. The number of nitrogens with zero attached hydrogens (tertiary/aromatic N) is 1. The second-order valence-electron chi connectivity index (χ2n) is 12.1. The number of alkyl carbamates (subject to hydrolysis) is 1. The predicted octanol–water partition coefficient (Wildman–Crippen LogP) is 1.67. The van der Waals surface area contributed by atoms with E-state index in [-0.39, 0.29) is 61.6 Å². The van der Waals surface area contributed by atoms with E-state index >= 15 is 0 Å². The van der Waals surface area contributed by atoms with Gasteiger partial charge in [-0.15, -0.1) is 0 Å². The van der Waals surface area contributed by atoms with Crippen molar-refractivity contribution in [2.24, 2.45) is 11.8 Å². The first-order chi connectivity index (χ1) is 22.1. The summed E-state index contributed by atoms with van der Waals surface area (Å²) >= 11 is 0. The van der Waals surface area contributed by atoms with Crippen molar-refractivity contribution >= 4 is 33.3 Å². The Morgan fingerprint density at radius 1 is 1.17 bits per heavy atom. The third kappa shape index (κ3) is 7.88. The summed E-state index contributed by atoms with van der Waals surface area (Å²) in [4.78, 5) is 25.6. The first kappa shape index (κ1) is 33.8. The number of benzene rings is 2. The highest BCUT2D eigenvalue weighted by Crippen LogP contribution is 2.35. The maximum absolute atomic E-state index is 14.1. The van der Waals surface area contributed by atoms with Gasteiger partial charge < -0.3 is 40.4 Å². The number of sulfonamides is 1. The van der Waals surface area contributed by atoms with Crippen molar-refractivity contribution in [3.05, 3.63) is 65.9 Å². The highest BCUT2D eigenvalue weighted by atomic mass is 32.2. The summed E-state index contributed by atoms with van der Waals surface area (Å²) in [6.07, 6.45) is -0.536. The lowest BCUT2D eigenvalue weighted by Crippen LogP contribution is -2.51. The number of hydrogen-bond acceptors (Lipinski definition) is 10. The molecule has 0 aromatic heterocycles. The number of carbonyl (C=O) groups excluding carboxylic acids is 2. The summed E-state index contributed by atoms with van der Waals surface area (Å²) < 4.78 is 46.2. The van der Waals surface area contributed by atoms with Gasteiger partial charge in [0.15, 0.2) is 6.29 Å². The van der Waals surface area contributed by atoms with E-state index in [2.05, 4.69) is 16.0 Å². The molecule has 5 rings (SSSR count). The largest absolute Gasteiger partial charge is 0.443 e. The number of rotatable bonds is 14. The van der Waals surface area contributed by atoms with Crippen molar-refractivity contribution in [1.29, 1.82) is 0 Å². The quantitative estimate of drug-likeness (QED) is 0.148. The number of aliphatic hydroxyl groups is 2. The van der Waals surface area contributed by atoms with Crippen LogP contribution in [0.3, 0.4) is 0 Å². The molecule has 0 bridgehead atoms. The fraction of sp³-hybridized carbons (Fsp3) is 0.500. The first-order valence-corrected chi connectivity index (χ1v) is 16.9. The van der Waals surface area contributed by atoms with Gasteiger partial charge in [0.25, 0.3) is 5.91 Å². The zero-order valence-corrected chi connectivity index (χ0v) is 26.7. The van der Waals surface area contributed by atoms with Gasteiger partial charge in [0.05, 0.1) is 48.4 Å². The monoisotopic (exact) mass is 658 g/mol. The fourth-order valence-electron chi connectivity index (χ4n) is 5.89. The molecule has 0 spiro atoms. The van der Waals surface area contributed by atoms with Crippen LogP contribution in [0.2, 0.25) is 0 Å². The summed E-state index contributed by atoms with van der Waals surface area (Å²) in [6, 6.07) is 12.8. The molecule has 3 aliphatic rings. The molecule has 46 heavy (non-hydrogen) atoms. The molecule has 5 atom stereocenters. The molecule has 3 heterocycles. The molecule has 13 nitrogen and oxygen atoms in total. The second-order valence-corrected chi connectivity index (χ2v) is 14.0. The number of fused-ring (bicyclic) bond motifs is 2. The minimum absolute atomic E-state index is 0.0507. The Balaban J connectivity index is 1.36. The van der Waals surface area contributed by atoms with Gasteiger partial charge in [0, 0.05) is 37.1 Å². The lowest BCUT2D eigenvalue weighted by molar-refractivity contribution is -0.110. The molecule has 2 fully saturated rings. The number of aliphatic hydroxyl groups excluding tert-OH is 2. The molecule has 3 aliphatic heterocycles. The zero-order valence-electron chi connectivity index (χ0n) is 25.9. The minimum Gasteiger partial charge on any atom is -0.443 e. The molecule has 0 saturated carbocycles. The average Bonchev–Trinajstić information content (AvgIpc) is 3.72. The molecule has 0 aliphatic carbocycles. The van der Waals surface area contributed by atoms with Gasteiger partial charge in [-0.2, -0.15) is 4.31 Å². The number of amides is 2. The highest BCUT2D eigenvalue weighted by molar-refractivity contribution is 7.89. The van der Waals surface area contributed by atoms with Crippen LogP contribution in [0.25, 0.3) is 5.57 Å². The van der Waals surface area contributed by atoms with Crippen LogP contribution in [0.5, 0.6) is 0 Å². The first-order valence-electron chi connectivity index (χ1n) is 15.5. The van der Waals surface area contributed by atoms with E-state index in [9.17, 15) is 23.1 Å². The molecule has 5 unspecified atom stereocenters. The molecule has 2 aromatic rings. The average molecular weight is 659 g/mol. The molecule has 2 aromatic carbocycles. The van der Waals surface area contributed by atoms with Crippen LogP contribution in [-0.2, 0) is 35.4 Å². The zero-order chi connectivity index (χ0) is 32.8. The Morgan fingerprint density at radius 2 is 1.96 bits per heavy atom. The van der Waals surface area contributed by atoms with Crippen LogP contribution in [0.1, 0.15) is 31.4 Å². The van der Waals surface area contributed by atoms with Crippen LogP contribution in [0.15, 0.2) is 59.6 Å². The topological polar surface area (TPSA) is 176 Å². The third-order valence-electron chi connectivity index (χ3n) is 8.18. The SMILES string of the molecule is CC(C)CN(CC(O)C(Cc1ccccc1)NC(=O)OC1COC2OCCC12)S(=O)(=O)c1ccc2c(c1)/C(=C/NCCO)C(=O)N2. The normalized spacial score (nSPS) is 22.9. The molecule has 2 amide bonds. The van der Waals surface area contributed by atoms with Crippen molar-refractivity contribution in [2.45, 2.75) is 56.1 Å². The smallest absolute Gasteiger partial charge is 0.407 e. The van der Waals surface area contributed by atoms with E-state index < -0.39 is 46.6 Å². The number of carbonyl (C=O) groups is 2. The van der Waals surface area contributed by atoms with Gasteiger partial charge in [-0.1, -0.05) is 44.2 Å². The summed E-state index contributed by atoms with van der Waals surface area (Å²) in [5, 5.41) is 29.0. The van der Waals surface area contributed by atoms with Gasteiger partial charge in [0.2, 0.25) is 10.0 Å². The Hall–Kier alpha value is -3.53. The number of hydrogen-bond donors (Lipinski definition) is 5. The Labute approximate surface area is 269 Å². The molecule has 0 radical (unpaired) electrons. The minimum atomic E-state index is -4.17. The molecule has 250 valence electrons. The van der Waals surface area contributed by atoms with E-state index in [0.29, 0.717) is 24.3 Å². The number of ether oxygens (including phenoxy) is 3. The standard InChI is InChI=1S/C32H42N4O9S/c1-20(2)17-36(46(41,42)22-8-9-26-24(15-22)25(30(39)34-26)16-33-11-12-37)18-28(38)27(14-21-6-4-3-5-7-21)35-32(40)45-29-19-44-31-23(29)10-13-43-31/h3-9,15-16,20,23,27-29,31,33,37-38H,10-14,17-19H2,1-2H3,(H,34,39)(H,35,40)/b25-16-. The van der Waals surface area contributed by atoms with Crippen LogP contribution < -0.4 is 16.0 Å². The van der Waals surface area contributed by atoms with Crippen LogP contribution in [-0.4, -0.2) is 98.9 Å². The van der Waals surface area contributed by atoms with E-state index in [1.807, 2.05) is 44.2 Å². The van der Waals surface area contributed by atoms with E-state index in [4.69, 9.17) is 19.3 Å². The second kappa shape index (κ2) is 14.9. The molecular formula is C32H42N4O9S. The van der Waals surface area contributed by atoms with Crippen LogP contribution in [0.4, 0.5) is 10.5 Å². The Kier molecular flexibility index (Phi) is 11.0. The van der Waals surface area contributed by atoms with Crippen molar-refractivity contribution in [2.75, 3.05) is 44.8 Å². The van der Waals surface area contributed by atoms with Crippen molar-refractivity contribution in [3.8, 4) is 0 Å². The Bertz CT molecular complexity index is 1520. The van der Waals surface area contributed by atoms with Gasteiger partial charge in [-0.05, 0) is 42.5 Å². The third-order valence-corrected chi connectivity index (χ3v) is 10.0. The summed E-state index contributed by atoms with van der Waals surface area (Å²) in [5.74, 6) is -0.549. The Morgan fingerprint density at radius 3 is 2.70 bits per heavy atom. The predicted molar refractivity (Wildman–Crippen MR) is 169 cm³/mol. The van der Waals surface area contributed by atoms with Gasteiger partial charge in [-0.3, -0.25) is 4.79 Å². The highest BCUT2D eigenvalue weighted by Gasteiger charge is 2.44. The summed E-state index contributed by atoms with van der Waals surface area (Å²) in [6.45, 7) is 4.36. The van der Waals surface area contributed by atoms with Crippen molar-refractivity contribution in [1.82, 2.24) is 14.9 Å². The summed E-state index contributed by atoms with van der Waals surface area (Å²) in [5.41, 5.74) is 1.94. The molecule has 5 N–H and O–H groups in total. The van der Waals surface area contributed by atoms with Crippen molar-refractivity contribution in [3.63, 3.8) is 0 Å². The fourth-order valence-corrected chi connectivity index (χ4v) is 7.54. The number of nitrogens with one attached hydrogen (secondary N) is 3. The lowest BCUT2D eigenvalue weighted by atomic mass is 10.0. The van der Waals surface area contributed by atoms with Crippen molar-refractivity contribution < 1.29 is 42.4 Å². The molecule has 2 saturated heterocycles. The van der Waals surface area contributed by atoms with E-state index in [0.717, 1.165) is 5.56 Å². The van der Waals surface area contributed by atoms with Gasteiger partial charge in [0.1, 0.15) is 6.10 Å². The number of anilines is 1. The molecular weight excluding hydrogens is 616 g/mol. The van der Waals surface area contributed by atoms with Crippen LogP contribution >= 0.6 is 0 Å². The maximum Gasteiger partial charge on any atom is 0.407 e. The van der Waals surface area contributed by atoms with E-state index in [1.165, 1.54) is 28.7 Å². The lowest BCUT2D eigenvalue weighted by Gasteiger charge is -2.31. The van der Waals surface area contributed by atoms with Crippen LogP contribution in [0, 0.1) is 11.8 Å². The van der Waals surface area contributed by atoms with Gasteiger partial charge >= 0.3 is 6.09 Å². The maximum atomic E-state index is 14.1. The van der Waals surface area contributed by atoms with Gasteiger partial charge in [-0.25, -0.2) is 13.2 Å². The summed E-state index contributed by atoms with van der Waals surface area (Å²) in [7, 11) is -4.17. The van der Waals surface area contributed by atoms with E-state index in [1.54, 1.807) is 0 Å².